The molecular weight excluding hydrogens is 574 g/mol. The molecule has 3 amide bonds. The molecule has 9 heteroatoms. The molecule has 0 radical (unpaired) electrons. The third-order valence-corrected chi connectivity index (χ3v) is 6.13. The fourth-order valence-corrected chi connectivity index (χ4v) is 3.81. The number of para-hydroxylation sites is 1. The summed E-state index contributed by atoms with van der Waals surface area (Å²) in [5.74, 6) is -1.65. The van der Waals surface area contributed by atoms with Gasteiger partial charge in [-0.25, -0.2) is 4.79 Å². The number of hydrogen-bond acceptors (Lipinski definition) is 5. The smallest absolute Gasteiger partial charge is 0.343 e. The topological polar surface area (TPSA) is 114 Å². The minimum absolute atomic E-state index is 0.260. The minimum atomic E-state index is -0.593. The third kappa shape index (κ3) is 7.75. The van der Waals surface area contributed by atoms with Gasteiger partial charge in [-0.15, -0.1) is 0 Å². The molecule has 3 N–H and O–H groups in total. The molecule has 0 bridgehead atoms. The summed E-state index contributed by atoms with van der Waals surface area (Å²) in [6.45, 7) is 1.90. The van der Waals surface area contributed by atoms with Crippen LogP contribution >= 0.6 is 15.9 Å². The van der Waals surface area contributed by atoms with Crippen LogP contribution in [0.1, 0.15) is 42.2 Å². The van der Waals surface area contributed by atoms with E-state index < -0.39 is 17.8 Å². The molecule has 4 aromatic carbocycles. The summed E-state index contributed by atoms with van der Waals surface area (Å²) in [4.78, 5) is 49.6. The SMILES string of the molecule is Cc1cccc(C(=O)Nc2ccc(C(=O)NNC(=O)/C=C/c3ccccc3OC(=O)c3ccc(Br)cc3)cc2)c1. The van der Waals surface area contributed by atoms with Crippen LogP contribution in [-0.4, -0.2) is 23.7 Å². The Morgan fingerprint density at radius 3 is 2.15 bits per heavy atom. The molecule has 0 aliphatic heterocycles. The number of hydrogen-bond donors (Lipinski definition) is 3. The van der Waals surface area contributed by atoms with Crippen LogP contribution in [0.25, 0.3) is 6.08 Å². The maximum absolute atomic E-state index is 12.5. The fourth-order valence-electron chi connectivity index (χ4n) is 3.55. The standard InChI is InChI=1S/C31H24BrN3O5/c1-20-5-4-7-24(19-20)29(37)33-26-16-11-22(12-17-26)30(38)35-34-28(36)18-13-21-6-2-3-8-27(21)40-31(39)23-9-14-25(32)15-10-23/h2-19H,1H3,(H,33,37)(H,34,36)(H,35,38)/b18-13+. The summed E-state index contributed by atoms with van der Waals surface area (Å²) >= 11 is 3.32. The molecule has 0 saturated heterocycles. The summed E-state index contributed by atoms with van der Waals surface area (Å²) in [5.41, 5.74) is 7.83. The number of carbonyl (C=O) groups excluding carboxylic acids is 4. The number of ether oxygens (including phenoxy) is 1. The van der Waals surface area contributed by atoms with E-state index in [1.54, 1.807) is 78.9 Å². The average molecular weight is 598 g/mol. The van der Waals surface area contributed by atoms with Gasteiger partial charge in [-0.2, -0.15) is 0 Å². The van der Waals surface area contributed by atoms with Gasteiger partial charge in [0.2, 0.25) is 0 Å². The van der Waals surface area contributed by atoms with Crippen molar-refractivity contribution in [3.63, 3.8) is 0 Å². The highest BCUT2D eigenvalue weighted by Crippen LogP contribution is 2.21. The van der Waals surface area contributed by atoms with E-state index >= 15 is 0 Å². The van der Waals surface area contributed by atoms with E-state index in [-0.39, 0.29) is 17.2 Å². The van der Waals surface area contributed by atoms with Crippen molar-refractivity contribution in [1.29, 1.82) is 0 Å². The molecule has 4 aromatic rings. The molecule has 0 fully saturated rings. The molecule has 0 spiro atoms. The Morgan fingerprint density at radius 1 is 0.725 bits per heavy atom. The lowest BCUT2D eigenvalue weighted by molar-refractivity contribution is -0.117. The largest absolute Gasteiger partial charge is 0.422 e. The van der Waals surface area contributed by atoms with Gasteiger partial charge in [-0.1, -0.05) is 51.8 Å². The summed E-state index contributed by atoms with van der Waals surface area (Å²) < 4.78 is 6.33. The molecule has 200 valence electrons. The van der Waals surface area contributed by atoms with Crippen LogP contribution in [0, 0.1) is 6.92 Å². The lowest BCUT2D eigenvalue weighted by Gasteiger charge is -2.09. The highest BCUT2D eigenvalue weighted by atomic mass is 79.9. The number of amides is 3. The number of aryl methyl sites for hydroxylation is 1. The Bertz CT molecular complexity index is 1580. The summed E-state index contributed by atoms with van der Waals surface area (Å²) in [6.07, 6.45) is 2.67. The van der Waals surface area contributed by atoms with E-state index in [1.807, 2.05) is 13.0 Å². The zero-order valence-corrected chi connectivity index (χ0v) is 22.9. The maximum atomic E-state index is 12.5. The lowest BCUT2D eigenvalue weighted by atomic mass is 10.1. The molecule has 4 rings (SSSR count). The molecule has 0 aliphatic rings. The van der Waals surface area contributed by atoms with Crippen LogP contribution in [0.5, 0.6) is 5.75 Å². The minimum Gasteiger partial charge on any atom is -0.422 e. The molecule has 0 aliphatic carbocycles. The number of rotatable bonds is 7. The number of hydrazine groups is 1. The van der Waals surface area contributed by atoms with E-state index in [1.165, 1.54) is 24.3 Å². The van der Waals surface area contributed by atoms with Crippen molar-refractivity contribution in [2.45, 2.75) is 6.92 Å². The van der Waals surface area contributed by atoms with Crippen molar-refractivity contribution >= 4 is 51.4 Å². The highest BCUT2D eigenvalue weighted by molar-refractivity contribution is 9.10. The number of benzene rings is 4. The zero-order valence-electron chi connectivity index (χ0n) is 21.3. The molecule has 0 heterocycles. The maximum Gasteiger partial charge on any atom is 0.343 e. The van der Waals surface area contributed by atoms with Gasteiger partial charge >= 0.3 is 5.97 Å². The van der Waals surface area contributed by atoms with E-state index in [0.717, 1.165) is 10.0 Å². The van der Waals surface area contributed by atoms with Crippen LogP contribution in [0.2, 0.25) is 0 Å². The van der Waals surface area contributed by atoms with E-state index in [4.69, 9.17) is 4.74 Å². The second kappa shape index (κ2) is 13.2. The quantitative estimate of drug-likeness (QED) is 0.109. The number of anilines is 1. The van der Waals surface area contributed by atoms with Crippen LogP contribution < -0.4 is 20.9 Å². The predicted octanol–water partition coefficient (Wildman–Crippen LogP) is 5.70. The number of esters is 1. The molecule has 0 aromatic heterocycles. The van der Waals surface area contributed by atoms with E-state index in [2.05, 4.69) is 32.1 Å². The molecular formula is C31H24BrN3O5. The monoisotopic (exact) mass is 597 g/mol. The van der Waals surface area contributed by atoms with Crippen LogP contribution in [0.3, 0.4) is 0 Å². The molecule has 40 heavy (non-hydrogen) atoms. The number of halogens is 1. The van der Waals surface area contributed by atoms with Gasteiger partial charge in [0.25, 0.3) is 17.7 Å². The molecule has 0 atom stereocenters. The summed E-state index contributed by atoms with van der Waals surface area (Å²) in [5, 5.41) is 2.78. The predicted molar refractivity (Wildman–Crippen MR) is 156 cm³/mol. The van der Waals surface area contributed by atoms with Gasteiger partial charge in [0.05, 0.1) is 5.56 Å². The Morgan fingerprint density at radius 2 is 1.43 bits per heavy atom. The number of nitrogens with one attached hydrogen (secondary N) is 3. The van der Waals surface area contributed by atoms with Gasteiger partial charge in [-0.3, -0.25) is 25.2 Å². The first-order valence-corrected chi connectivity index (χ1v) is 12.9. The van der Waals surface area contributed by atoms with Gasteiger partial charge in [-0.05, 0) is 79.7 Å². The highest BCUT2D eigenvalue weighted by Gasteiger charge is 2.12. The van der Waals surface area contributed by atoms with Gasteiger partial charge in [0.1, 0.15) is 5.75 Å². The van der Waals surface area contributed by atoms with Gasteiger partial charge in [0, 0.05) is 32.9 Å². The van der Waals surface area contributed by atoms with Crippen molar-refractivity contribution in [1.82, 2.24) is 10.9 Å². The van der Waals surface area contributed by atoms with Crippen LogP contribution in [0.4, 0.5) is 5.69 Å². The first kappa shape index (κ1) is 28.0. The second-order valence-corrected chi connectivity index (χ2v) is 9.53. The average Bonchev–Trinajstić information content (AvgIpc) is 2.96. The van der Waals surface area contributed by atoms with Crippen molar-refractivity contribution in [2.24, 2.45) is 0 Å². The Kier molecular flexibility index (Phi) is 9.22. The zero-order chi connectivity index (χ0) is 28.5. The van der Waals surface area contributed by atoms with E-state index in [9.17, 15) is 19.2 Å². The summed E-state index contributed by atoms with van der Waals surface area (Å²) in [6, 6.07) is 26.9. The Balaban J connectivity index is 1.30. The van der Waals surface area contributed by atoms with Crippen LogP contribution in [-0.2, 0) is 4.79 Å². The van der Waals surface area contributed by atoms with Crippen molar-refractivity contribution < 1.29 is 23.9 Å². The van der Waals surface area contributed by atoms with Crippen LogP contribution in [0.15, 0.2) is 108 Å². The molecule has 0 unspecified atom stereocenters. The van der Waals surface area contributed by atoms with Crippen molar-refractivity contribution in [2.75, 3.05) is 5.32 Å². The fraction of sp³-hybridized carbons (Fsp3) is 0.0323. The first-order chi connectivity index (χ1) is 19.3. The third-order valence-electron chi connectivity index (χ3n) is 5.60. The Labute approximate surface area is 239 Å². The normalized spacial score (nSPS) is 10.6. The first-order valence-electron chi connectivity index (χ1n) is 12.1. The molecule has 8 nitrogen and oxygen atoms in total. The Hall–Kier alpha value is -5.02. The van der Waals surface area contributed by atoms with Gasteiger partial charge < -0.3 is 10.1 Å². The summed E-state index contributed by atoms with van der Waals surface area (Å²) in [7, 11) is 0. The van der Waals surface area contributed by atoms with Gasteiger partial charge in [0.15, 0.2) is 0 Å². The second-order valence-electron chi connectivity index (χ2n) is 8.61. The van der Waals surface area contributed by atoms with E-state index in [0.29, 0.717) is 22.4 Å². The number of carbonyl (C=O) groups is 4. The lowest BCUT2D eigenvalue weighted by Crippen LogP contribution is -2.40. The van der Waals surface area contributed by atoms with Crippen molar-refractivity contribution in [3.05, 3.63) is 135 Å². The van der Waals surface area contributed by atoms with Crippen molar-refractivity contribution in [3.8, 4) is 5.75 Å². The molecule has 0 saturated carbocycles.